The maximum Gasteiger partial charge on any atom is 0.262 e. The molecule has 0 heterocycles. The van der Waals surface area contributed by atoms with Crippen LogP contribution in [0, 0.1) is 13.8 Å². The third kappa shape index (κ3) is 4.11. The van der Waals surface area contributed by atoms with Gasteiger partial charge in [-0.3, -0.25) is 4.79 Å². The Labute approximate surface area is 146 Å². The van der Waals surface area contributed by atoms with E-state index in [1.54, 1.807) is 24.3 Å². The van der Waals surface area contributed by atoms with Crippen LogP contribution in [-0.4, -0.2) is 26.7 Å². The summed E-state index contributed by atoms with van der Waals surface area (Å²) in [5, 5.41) is 3.27. The molecule has 0 fully saturated rings. The molecular formula is C18H20ClNO4. The summed E-state index contributed by atoms with van der Waals surface area (Å²) < 4.78 is 16.0. The summed E-state index contributed by atoms with van der Waals surface area (Å²) in [7, 11) is 3.05. The number of amides is 1. The molecule has 1 amide bonds. The average molecular weight is 350 g/mol. The Balaban J connectivity index is 2.07. The highest BCUT2D eigenvalue weighted by molar-refractivity contribution is 6.34. The number of anilines is 1. The number of carbonyl (C=O) groups is 1. The molecule has 6 heteroatoms. The fourth-order valence-electron chi connectivity index (χ4n) is 2.36. The molecule has 0 atom stereocenters. The number of para-hydroxylation sites is 1. The summed E-state index contributed by atoms with van der Waals surface area (Å²) in [6.45, 7) is 3.66. The molecule has 0 aliphatic carbocycles. The van der Waals surface area contributed by atoms with Crippen molar-refractivity contribution in [3.8, 4) is 17.2 Å². The molecule has 0 unspecified atom stereocenters. The van der Waals surface area contributed by atoms with Crippen LogP contribution in [0.15, 0.2) is 30.3 Å². The first-order chi connectivity index (χ1) is 11.5. The van der Waals surface area contributed by atoms with Gasteiger partial charge in [-0.25, -0.2) is 0 Å². The minimum atomic E-state index is -0.311. The molecule has 2 aromatic carbocycles. The van der Waals surface area contributed by atoms with Gasteiger partial charge in [-0.15, -0.1) is 0 Å². The molecule has 2 aromatic rings. The number of ether oxygens (including phenoxy) is 3. The molecule has 5 nitrogen and oxygen atoms in total. The fraction of sp³-hybridized carbons (Fsp3) is 0.278. The first-order valence-corrected chi connectivity index (χ1v) is 7.74. The number of benzene rings is 2. The van der Waals surface area contributed by atoms with E-state index >= 15 is 0 Å². The molecule has 0 aromatic heterocycles. The number of rotatable bonds is 6. The highest BCUT2D eigenvalue weighted by atomic mass is 35.5. The number of methoxy groups -OCH3 is 2. The molecule has 1 N–H and O–H groups in total. The van der Waals surface area contributed by atoms with Crippen LogP contribution in [0.4, 0.5) is 5.69 Å². The molecular weight excluding hydrogens is 330 g/mol. The van der Waals surface area contributed by atoms with Crippen molar-refractivity contribution >= 4 is 23.2 Å². The van der Waals surface area contributed by atoms with Gasteiger partial charge in [-0.05, 0) is 43.2 Å². The SMILES string of the molecule is COc1cccc(OCC(=O)Nc2c(C)cc(C)cc2Cl)c1OC. The van der Waals surface area contributed by atoms with Crippen molar-refractivity contribution in [2.45, 2.75) is 13.8 Å². The van der Waals surface area contributed by atoms with Crippen LogP contribution in [0.5, 0.6) is 17.2 Å². The first kappa shape index (κ1) is 17.9. The normalized spacial score (nSPS) is 10.2. The Morgan fingerprint density at radius 3 is 2.46 bits per heavy atom. The molecule has 128 valence electrons. The van der Waals surface area contributed by atoms with Crippen LogP contribution < -0.4 is 19.5 Å². The maximum absolute atomic E-state index is 12.2. The second kappa shape index (κ2) is 7.93. The minimum absolute atomic E-state index is 0.173. The number of hydrogen-bond donors (Lipinski definition) is 1. The van der Waals surface area contributed by atoms with Crippen LogP contribution >= 0.6 is 11.6 Å². The highest BCUT2D eigenvalue weighted by Gasteiger charge is 2.14. The van der Waals surface area contributed by atoms with Crippen molar-refractivity contribution in [3.05, 3.63) is 46.5 Å². The van der Waals surface area contributed by atoms with Crippen molar-refractivity contribution in [2.75, 3.05) is 26.1 Å². The lowest BCUT2D eigenvalue weighted by Crippen LogP contribution is -2.21. The van der Waals surface area contributed by atoms with Gasteiger partial charge >= 0.3 is 0 Å². The van der Waals surface area contributed by atoms with Gasteiger partial charge in [-0.1, -0.05) is 23.7 Å². The maximum atomic E-state index is 12.2. The van der Waals surface area contributed by atoms with E-state index in [4.69, 9.17) is 25.8 Å². The topological polar surface area (TPSA) is 56.8 Å². The van der Waals surface area contributed by atoms with Crippen LogP contribution in [0.2, 0.25) is 5.02 Å². The third-order valence-corrected chi connectivity index (χ3v) is 3.72. The fourth-order valence-corrected chi connectivity index (χ4v) is 2.73. The van der Waals surface area contributed by atoms with E-state index in [0.717, 1.165) is 11.1 Å². The van der Waals surface area contributed by atoms with E-state index in [2.05, 4.69) is 5.32 Å². The summed E-state index contributed by atoms with van der Waals surface area (Å²) in [5.41, 5.74) is 2.52. The number of aryl methyl sites for hydroxylation is 2. The van der Waals surface area contributed by atoms with Gasteiger partial charge in [0.05, 0.1) is 24.9 Å². The second-order valence-electron chi connectivity index (χ2n) is 5.27. The van der Waals surface area contributed by atoms with Crippen LogP contribution in [0.3, 0.4) is 0 Å². The number of hydrogen-bond acceptors (Lipinski definition) is 4. The summed E-state index contributed by atoms with van der Waals surface area (Å²) in [4.78, 5) is 12.2. The number of nitrogens with one attached hydrogen (secondary N) is 1. The van der Waals surface area contributed by atoms with Gasteiger partial charge in [0.15, 0.2) is 18.1 Å². The molecule has 0 radical (unpaired) electrons. The second-order valence-corrected chi connectivity index (χ2v) is 5.67. The van der Waals surface area contributed by atoms with Gasteiger partial charge in [0.2, 0.25) is 5.75 Å². The van der Waals surface area contributed by atoms with E-state index < -0.39 is 0 Å². The van der Waals surface area contributed by atoms with E-state index in [0.29, 0.717) is 28.0 Å². The Morgan fingerprint density at radius 1 is 1.12 bits per heavy atom. The van der Waals surface area contributed by atoms with Crippen LogP contribution in [0.25, 0.3) is 0 Å². The van der Waals surface area contributed by atoms with Gasteiger partial charge in [0, 0.05) is 0 Å². The number of halogens is 1. The lowest BCUT2D eigenvalue weighted by Gasteiger charge is -2.14. The van der Waals surface area contributed by atoms with Gasteiger partial charge in [0.25, 0.3) is 5.91 Å². The summed E-state index contributed by atoms with van der Waals surface area (Å²) in [6, 6.07) is 8.97. The van der Waals surface area contributed by atoms with Crippen LogP contribution in [-0.2, 0) is 4.79 Å². The van der Waals surface area contributed by atoms with E-state index in [-0.39, 0.29) is 12.5 Å². The quantitative estimate of drug-likeness (QED) is 0.856. The zero-order chi connectivity index (χ0) is 17.7. The van der Waals surface area contributed by atoms with E-state index in [1.165, 1.54) is 14.2 Å². The van der Waals surface area contributed by atoms with Crippen molar-refractivity contribution in [3.63, 3.8) is 0 Å². The zero-order valence-corrected chi connectivity index (χ0v) is 14.9. The predicted octanol–water partition coefficient (Wildman–Crippen LogP) is 3.99. The largest absolute Gasteiger partial charge is 0.493 e. The Morgan fingerprint density at radius 2 is 1.83 bits per heavy atom. The van der Waals surface area contributed by atoms with Crippen molar-refractivity contribution in [1.82, 2.24) is 0 Å². The standard InChI is InChI=1S/C18H20ClNO4/c1-11-8-12(2)17(13(19)9-11)20-16(21)10-24-15-7-5-6-14(22-3)18(15)23-4/h5-9H,10H2,1-4H3,(H,20,21). The van der Waals surface area contributed by atoms with E-state index in [1.807, 2.05) is 19.9 Å². The summed E-state index contributed by atoms with van der Waals surface area (Å²) >= 11 is 6.19. The summed E-state index contributed by atoms with van der Waals surface area (Å²) in [6.07, 6.45) is 0. The summed E-state index contributed by atoms with van der Waals surface area (Å²) in [5.74, 6) is 1.10. The Kier molecular flexibility index (Phi) is 5.93. The van der Waals surface area contributed by atoms with E-state index in [9.17, 15) is 4.79 Å². The zero-order valence-electron chi connectivity index (χ0n) is 14.1. The lowest BCUT2D eigenvalue weighted by atomic mass is 10.1. The molecule has 0 spiro atoms. The average Bonchev–Trinajstić information content (AvgIpc) is 2.55. The molecule has 0 aliphatic rings. The van der Waals surface area contributed by atoms with Crippen molar-refractivity contribution < 1.29 is 19.0 Å². The molecule has 24 heavy (non-hydrogen) atoms. The van der Waals surface area contributed by atoms with Gasteiger partial charge in [-0.2, -0.15) is 0 Å². The first-order valence-electron chi connectivity index (χ1n) is 7.36. The van der Waals surface area contributed by atoms with Crippen molar-refractivity contribution in [2.24, 2.45) is 0 Å². The Bertz CT molecular complexity index is 723. The van der Waals surface area contributed by atoms with Crippen LogP contribution in [0.1, 0.15) is 11.1 Å². The third-order valence-electron chi connectivity index (χ3n) is 3.42. The lowest BCUT2D eigenvalue weighted by molar-refractivity contribution is -0.118. The molecule has 0 saturated carbocycles. The smallest absolute Gasteiger partial charge is 0.262 e. The van der Waals surface area contributed by atoms with Crippen molar-refractivity contribution in [1.29, 1.82) is 0 Å². The molecule has 0 bridgehead atoms. The van der Waals surface area contributed by atoms with Gasteiger partial charge < -0.3 is 19.5 Å². The molecule has 0 aliphatic heterocycles. The van der Waals surface area contributed by atoms with Gasteiger partial charge in [0.1, 0.15) is 0 Å². The molecule has 2 rings (SSSR count). The Hall–Kier alpha value is -2.40. The monoisotopic (exact) mass is 349 g/mol. The predicted molar refractivity (Wildman–Crippen MR) is 94.6 cm³/mol. The number of carbonyl (C=O) groups excluding carboxylic acids is 1. The molecule has 0 saturated heterocycles. The minimum Gasteiger partial charge on any atom is -0.493 e. The highest BCUT2D eigenvalue weighted by Crippen LogP contribution is 2.36.